The molecule has 0 saturated carbocycles. The molecular weight excluding hydrogens is 327 g/mol. The topological polar surface area (TPSA) is 89.0 Å². The quantitative estimate of drug-likeness (QED) is 0.577. The zero-order valence-electron chi connectivity index (χ0n) is 12.0. The maximum Gasteiger partial charge on any atom is 0.442 e. The lowest BCUT2D eigenvalue weighted by Crippen LogP contribution is -2.73. The number of nitrogens with one attached hydrogen (secondary N) is 2. The summed E-state index contributed by atoms with van der Waals surface area (Å²) in [7, 11) is 0. The Kier molecular flexibility index (Phi) is 6.33. The van der Waals surface area contributed by atoms with Gasteiger partial charge in [0.1, 0.15) is 0 Å². The number of amides is 1. The van der Waals surface area contributed by atoms with Crippen LogP contribution in [0.3, 0.4) is 0 Å². The van der Waals surface area contributed by atoms with Crippen LogP contribution in [0.4, 0.5) is 18.0 Å². The maximum atomic E-state index is 13.5. The summed E-state index contributed by atoms with van der Waals surface area (Å²) in [6.45, 7) is 2.64. The molecule has 0 spiro atoms. The van der Waals surface area contributed by atoms with Crippen LogP contribution in [-0.2, 0) is 14.3 Å². The van der Waals surface area contributed by atoms with E-state index < -0.39 is 23.9 Å². The molecule has 126 valence electrons. The van der Waals surface area contributed by atoms with Crippen LogP contribution in [0.15, 0.2) is 4.99 Å². The van der Waals surface area contributed by atoms with Gasteiger partial charge in [0, 0.05) is 5.75 Å². The SMILES string of the molecule is CCOC(=O)N[C@](NC1=NCCS1)(C(=O)OCC)C(F)(F)F. The van der Waals surface area contributed by atoms with Gasteiger partial charge in [0.25, 0.3) is 0 Å². The fourth-order valence-corrected chi connectivity index (χ4v) is 2.31. The molecule has 7 nitrogen and oxygen atoms in total. The molecule has 0 aromatic carbocycles. The molecule has 0 fully saturated rings. The minimum atomic E-state index is -5.17. The Morgan fingerprint density at radius 3 is 2.36 bits per heavy atom. The molecular formula is C11H16F3N3O4S. The second-order valence-electron chi connectivity index (χ2n) is 3.97. The molecule has 0 saturated heterocycles. The molecule has 0 unspecified atom stereocenters. The van der Waals surface area contributed by atoms with E-state index in [1.54, 1.807) is 0 Å². The predicted molar refractivity (Wildman–Crippen MR) is 73.5 cm³/mol. The minimum Gasteiger partial charge on any atom is -0.463 e. The van der Waals surface area contributed by atoms with Crippen LogP contribution >= 0.6 is 11.8 Å². The van der Waals surface area contributed by atoms with Gasteiger partial charge in [-0.15, -0.1) is 0 Å². The zero-order valence-corrected chi connectivity index (χ0v) is 12.8. The highest BCUT2D eigenvalue weighted by Gasteiger charge is 2.64. The first-order valence-electron chi connectivity index (χ1n) is 6.41. The molecule has 1 heterocycles. The van der Waals surface area contributed by atoms with Gasteiger partial charge in [0.2, 0.25) is 0 Å². The lowest BCUT2D eigenvalue weighted by atomic mass is 10.1. The second kappa shape index (κ2) is 7.56. The lowest BCUT2D eigenvalue weighted by molar-refractivity contribution is -0.215. The third kappa shape index (κ3) is 4.18. The van der Waals surface area contributed by atoms with Crippen molar-refractivity contribution in [2.45, 2.75) is 25.7 Å². The first-order valence-corrected chi connectivity index (χ1v) is 7.39. The summed E-state index contributed by atoms with van der Waals surface area (Å²) in [6.07, 6.45) is -6.57. The van der Waals surface area contributed by atoms with Crippen LogP contribution in [0.1, 0.15) is 13.8 Å². The van der Waals surface area contributed by atoms with E-state index in [1.807, 2.05) is 5.32 Å². The van der Waals surface area contributed by atoms with Gasteiger partial charge in [-0.1, -0.05) is 11.8 Å². The molecule has 0 bridgehead atoms. The Bertz CT molecular complexity index is 458. The third-order valence-corrected chi connectivity index (χ3v) is 3.34. The van der Waals surface area contributed by atoms with Crippen molar-refractivity contribution in [1.29, 1.82) is 0 Å². The van der Waals surface area contributed by atoms with Crippen LogP contribution in [0.2, 0.25) is 0 Å². The van der Waals surface area contributed by atoms with Crippen molar-refractivity contribution in [1.82, 2.24) is 10.6 Å². The summed E-state index contributed by atoms with van der Waals surface area (Å²) in [5.41, 5.74) is -3.45. The summed E-state index contributed by atoms with van der Waals surface area (Å²) < 4.78 is 49.4. The molecule has 0 aromatic heterocycles. The average Bonchev–Trinajstić information content (AvgIpc) is 2.89. The minimum absolute atomic E-state index is 0.109. The fraction of sp³-hybridized carbons (Fsp3) is 0.727. The number of hydrogen-bond acceptors (Lipinski definition) is 7. The number of rotatable bonds is 5. The number of ether oxygens (including phenoxy) is 2. The van der Waals surface area contributed by atoms with E-state index in [2.05, 4.69) is 14.5 Å². The van der Waals surface area contributed by atoms with E-state index in [0.29, 0.717) is 12.3 Å². The van der Waals surface area contributed by atoms with Crippen LogP contribution in [0.5, 0.6) is 0 Å². The standard InChI is InChI=1S/C11H16F3N3O4S/c1-3-20-7(18)10(11(12,13)14,17-9(19)21-4-2)16-8-15-5-6-22-8/h3-6H2,1-2H3,(H,15,16)(H,17,19)/t10-/m1/s1. The lowest BCUT2D eigenvalue weighted by Gasteiger charge is -2.34. The number of amidine groups is 1. The normalized spacial score (nSPS) is 17.2. The molecule has 2 N–H and O–H groups in total. The van der Waals surface area contributed by atoms with E-state index in [1.165, 1.54) is 19.2 Å². The number of aliphatic imine (C=N–C) groups is 1. The molecule has 0 aromatic rings. The van der Waals surface area contributed by atoms with Gasteiger partial charge in [-0.3, -0.25) is 10.3 Å². The number of carbonyl (C=O) groups excluding carboxylic acids is 2. The molecule has 11 heteroatoms. The highest BCUT2D eigenvalue weighted by Crippen LogP contribution is 2.31. The fourth-order valence-electron chi connectivity index (χ4n) is 1.52. The Hall–Kier alpha value is -1.65. The smallest absolute Gasteiger partial charge is 0.442 e. The van der Waals surface area contributed by atoms with Crippen molar-refractivity contribution in [2.75, 3.05) is 25.5 Å². The van der Waals surface area contributed by atoms with Gasteiger partial charge in [-0.2, -0.15) is 13.2 Å². The Morgan fingerprint density at radius 1 is 1.27 bits per heavy atom. The van der Waals surface area contributed by atoms with Crippen molar-refractivity contribution >= 4 is 29.0 Å². The van der Waals surface area contributed by atoms with Crippen molar-refractivity contribution < 1.29 is 32.2 Å². The summed E-state index contributed by atoms with van der Waals surface area (Å²) in [5, 5.41) is 3.35. The first kappa shape index (κ1) is 18.4. The average molecular weight is 343 g/mol. The molecule has 22 heavy (non-hydrogen) atoms. The number of esters is 1. The number of alkyl halides is 3. The second-order valence-corrected chi connectivity index (χ2v) is 5.06. The third-order valence-electron chi connectivity index (χ3n) is 2.45. The Balaban J connectivity index is 3.16. The summed E-state index contributed by atoms with van der Waals surface area (Å²) >= 11 is 1.00. The molecule has 0 radical (unpaired) electrons. The number of nitrogens with zero attached hydrogens (tertiary/aromatic N) is 1. The van der Waals surface area contributed by atoms with Gasteiger partial charge >= 0.3 is 23.9 Å². The Morgan fingerprint density at radius 2 is 1.91 bits per heavy atom. The van der Waals surface area contributed by atoms with Crippen molar-refractivity contribution in [3.05, 3.63) is 0 Å². The predicted octanol–water partition coefficient (Wildman–Crippen LogP) is 1.25. The maximum absolute atomic E-state index is 13.5. The zero-order chi connectivity index (χ0) is 16.8. The van der Waals surface area contributed by atoms with Crippen molar-refractivity contribution in [3.63, 3.8) is 0 Å². The van der Waals surface area contributed by atoms with E-state index in [0.717, 1.165) is 11.8 Å². The van der Waals surface area contributed by atoms with Crippen LogP contribution in [0.25, 0.3) is 0 Å². The first-order chi connectivity index (χ1) is 10.3. The van der Waals surface area contributed by atoms with Crippen LogP contribution in [-0.4, -0.2) is 54.6 Å². The summed E-state index contributed by atoms with van der Waals surface area (Å²) in [5.74, 6) is -1.22. The van der Waals surface area contributed by atoms with Gasteiger partial charge in [-0.05, 0) is 13.8 Å². The van der Waals surface area contributed by atoms with Crippen molar-refractivity contribution in [3.8, 4) is 0 Å². The molecule has 1 aliphatic heterocycles. The Labute approximate surface area is 129 Å². The molecule has 1 amide bonds. The molecule has 1 atom stereocenters. The van der Waals surface area contributed by atoms with Gasteiger partial charge in [0.15, 0.2) is 5.17 Å². The van der Waals surface area contributed by atoms with Gasteiger partial charge in [0.05, 0.1) is 19.8 Å². The molecule has 0 aliphatic carbocycles. The van der Waals surface area contributed by atoms with Crippen molar-refractivity contribution in [2.24, 2.45) is 4.99 Å². The largest absolute Gasteiger partial charge is 0.463 e. The van der Waals surface area contributed by atoms with E-state index in [9.17, 15) is 22.8 Å². The number of alkyl carbamates (subject to hydrolysis) is 1. The molecule has 1 rings (SSSR count). The van der Waals surface area contributed by atoms with Gasteiger partial charge in [-0.25, -0.2) is 9.59 Å². The van der Waals surface area contributed by atoms with E-state index in [4.69, 9.17) is 0 Å². The molecule has 1 aliphatic rings. The number of hydrogen-bond donors (Lipinski definition) is 2. The van der Waals surface area contributed by atoms with Gasteiger partial charge < -0.3 is 14.8 Å². The summed E-state index contributed by atoms with van der Waals surface area (Å²) in [6, 6.07) is 0. The van der Waals surface area contributed by atoms with Crippen LogP contribution in [0, 0.1) is 0 Å². The highest BCUT2D eigenvalue weighted by atomic mass is 32.2. The number of halogens is 3. The van der Waals surface area contributed by atoms with E-state index >= 15 is 0 Å². The highest BCUT2D eigenvalue weighted by molar-refractivity contribution is 8.14. The summed E-state index contributed by atoms with van der Waals surface area (Å²) in [4.78, 5) is 27.2. The van der Waals surface area contributed by atoms with E-state index in [-0.39, 0.29) is 18.4 Å². The number of thioether (sulfide) groups is 1. The monoisotopic (exact) mass is 343 g/mol. The number of carbonyl (C=O) groups is 2. The van der Waals surface area contributed by atoms with Crippen LogP contribution < -0.4 is 10.6 Å².